The van der Waals surface area contributed by atoms with E-state index in [1.807, 2.05) is 0 Å². The van der Waals surface area contributed by atoms with Gasteiger partial charge in [-0.05, 0) is 37.9 Å². The van der Waals surface area contributed by atoms with Crippen LogP contribution in [0.2, 0.25) is 0 Å². The average molecular weight is 443 g/mol. The van der Waals surface area contributed by atoms with Gasteiger partial charge >= 0.3 is 0 Å². The molecule has 118 valence electrons. The minimum Gasteiger partial charge on any atom is -0.303 e. The number of halogens is 3. The molecule has 0 aliphatic carbocycles. The lowest BCUT2D eigenvalue weighted by molar-refractivity contribution is 0.102. The Kier molecular flexibility index (Phi) is 4.58. The van der Waals surface area contributed by atoms with Crippen LogP contribution in [0.5, 0.6) is 0 Å². The molecular formula is C14H10Br2FN5O. The molecule has 0 aliphatic rings. The molecule has 3 rings (SSSR count). The first-order chi connectivity index (χ1) is 11.0. The Labute approximate surface area is 147 Å². The van der Waals surface area contributed by atoms with Crippen molar-refractivity contribution >= 4 is 43.6 Å². The van der Waals surface area contributed by atoms with Gasteiger partial charge in [-0.3, -0.25) is 14.6 Å². The first-order valence-electron chi connectivity index (χ1n) is 6.51. The first kappa shape index (κ1) is 15.9. The topological polar surface area (TPSA) is 75.6 Å². The molecule has 0 fully saturated rings. The van der Waals surface area contributed by atoms with Crippen molar-refractivity contribution in [2.24, 2.45) is 0 Å². The summed E-state index contributed by atoms with van der Waals surface area (Å²) in [5, 5.41) is 13.3. The molecule has 6 nitrogen and oxygen atoms in total. The van der Waals surface area contributed by atoms with Crippen LogP contribution in [0.3, 0.4) is 0 Å². The van der Waals surface area contributed by atoms with Crippen LogP contribution < -0.4 is 5.32 Å². The minimum absolute atomic E-state index is 0.259. The predicted molar refractivity (Wildman–Crippen MR) is 89.7 cm³/mol. The highest BCUT2D eigenvalue weighted by Crippen LogP contribution is 2.22. The highest BCUT2D eigenvalue weighted by molar-refractivity contribution is 9.11. The van der Waals surface area contributed by atoms with E-state index in [1.165, 1.54) is 12.3 Å². The molecule has 0 bridgehead atoms. The van der Waals surface area contributed by atoms with E-state index in [1.54, 1.807) is 29.1 Å². The van der Waals surface area contributed by atoms with Gasteiger partial charge in [-0.15, -0.1) is 0 Å². The van der Waals surface area contributed by atoms with Crippen LogP contribution in [0.4, 0.5) is 10.2 Å². The van der Waals surface area contributed by atoms with Crippen molar-refractivity contribution in [1.82, 2.24) is 20.0 Å². The molecule has 0 unspecified atom stereocenters. The number of aromatic nitrogens is 4. The average Bonchev–Trinajstić information content (AvgIpc) is 3.08. The molecule has 0 saturated heterocycles. The number of nitrogens with zero attached hydrogens (tertiary/aromatic N) is 3. The van der Waals surface area contributed by atoms with Gasteiger partial charge in [0.1, 0.15) is 11.5 Å². The summed E-state index contributed by atoms with van der Waals surface area (Å²) in [4.78, 5) is 12.1. The van der Waals surface area contributed by atoms with Gasteiger partial charge in [-0.1, -0.05) is 18.2 Å². The van der Waals surface area contributed by atoms with E-state index in [-0.39, 0.29) is 18.3 Å². The van der Waals surface area contributed by atoms with Crippen LogP contribution in [-0.2, 0) is 6.54 Å². The lowest BCUT2D eigenvalue weighted by Crippen LogP contribution is -2.14. The number of carbonyl (C=O) groups excluding carboxylic acids is 1. The standard InChI is InChI=1S/C14H10Br2FN5O/c15-9-5-18-20-12(9)14(23)19-13-10(16)7-22(21-13)6-8-3-1-2-4-11(8)17/h1-5,7H,6H2,(H,18,20)(H,19,21,23). The Morgan fingerprint density at radius 3 is 2.78 bits per heavy atom. The summed E-state index contributed by atoms with van der Waals surface area (Å²) in [6.07, 6.45) is 3.16. The lowest BCUT2D eigenvalue weighted by atomic mass is 10.2. The Morgan fingerprint density at radius 2 is 2.09 bits per heavy atom. The van der Waals surface area contributed by atoms with Crippen molar-refractivity contribution in [2.45, 2.75) is 6.54 Å². The maximum atomic E-state index is 13.7. The fourth-order valence-electron chi connectivity index (χ4n) is 1.96. The SMILES string of the molecule is O=C(Nc1nn(Cc2ccccc2F)cc1Br)c1[nH]ncc1Br. The first-order valence-corrected chi connectivity index (χ1v) is 8.10. The summed E-state index contributed by atoms with van der Waals surface area (Å²) < 4.78 is 16.4. The summed E-state index contributed by atoms with van der Waals surface area (Å²) in [6.45, 7) is 0.259. The van der Waals surface area contributed by atoms with Gasteiger partial charge in [0.2, 0.25) is 0 Å². The third-order valence-corrected chi connectivity index (χ3v) is 4.24. The molecule has 9 heteroatoms. The van der Waals surface area contributed by atoms with E-state index >= 15 is 0 Å². The highest BCUT2D eigenvalue weighted by atomic mass is 79.9. The molecular weight excluding hydrogens is 433 g/mol. The number of benzene rings is 1. The number of H-pyrrole nitrogens is 1. The second-order valence-corrected chi connectivity index (χ2v) is 6.37. The fraction of sp³-hybridized carbons (Fsp3) is 0.0714. The van der Waals surface area contributed by atoms with E-state index in [9.17, 15) is 9.18 Å². The number of hydrogen-bond donors (Lipinski definition) is 2. The van der Waals surface area contributed by atoms with Crippen LogP contribution in [0.15, 0.2) is 45.6 Å². The zero-order valence-corrected chi connectivity index (χ0v) is 14.7. The number of aromatic amines is 1. The van der Waals surface area contributed by atoms with Gasteiger partial charge in [0, 0.05) is 11.8 Å². The van der Waals surface area contributed by atoms with Gasteiger partial charge in [0.05, 0.1) is 21.7 Å². The van der Waals surface area contributed by atoms with Gasteiger partial charge in [-0.2, -0.15) is 10.2 Å². The Hall–Kier alpha value is -2.00. The summed E-state index contributed by atoms with van der Waals surface area (Å²) in [5.41, 5.74) is 0.803. The molecule has 1 amide bonds. The van der Waals surface area contributed by atoms with Crippen molar-refractivity contribution < 1.29 is 9.18 Å². The Bertz CT molecular complexity index is 860. The van der Waals surface area contributed by atoms with Gasteiger partial charge in [0.15, 0.2) is 5.82 Å². The largest absolute Gasteiger partial charge is 0.303 e. The van der Waals surface area contributed by atoms with Crippen LogP contribution in [0.1, 0.15) is 16.1 Å². The Morgan fingerprint density at radius 1 is 1.30 bits per heavy atom. The monoisotopic (exact) mass is 441 g/mol. The number of rotatable bonds is 4. The second-order valence-electron chi connectivity index (χ2n) is 4.66. The molecule has 3 aromatic rings. The van der Waals surface area contributed by atoms with E-state index < -0.39 is 0 Å². The zero-order chi connectivity index (χ0) is 16.4. The molecule has 0 spiro atoms. The van der Waals surface area contributed by atoms with Crippen molar-refractivity contribution in [3.8, 4) is 0 Å². The maximum absolute atomic E-state index is 13.7. The molecule has 0 aliphatic heterocycles. The van der Waals surface area contributed by atoms with Crippen molar-refractivity contribution in [3.05, 3.63) is 62.7 Å². The summed E-state index contributed by atoms with van der Waals surface area (Å²) in [5.74, 6) is -0.342. The number of amides is 1. The normalized spacial score (nSPS) is 10.7. The second kappa shape index (κ2) is 6.63. The number of carbonyl (C=O) groups is 1. The molecule has 23 heavy (non-hydrogen) atoms. The molecule has 2 aromatic heterocycles. The third kappa shape index (κ3) is 3.50. The number of anilines is 1. The van der Waals surface area contributed by atoms with Crippen molar-refractivity contribution in [3.63, 3.8) is 0 Å². The third-order valence-electron chi connectivity index (χ3n) is 3.06. The van der Waals surface area contributed by atoms with E-state index in [4.69, 9.17) is 0 Å². The van der Waals surface area contributed by atoms with Gasteiger partial charge in [0.25, 0.3) is 5.91 Å². The fourth-order valence-corrected chi connectivity index (χ4v) is 2.75. The highest BCUT2D eigenvalue weighted by Gasteiger charge is 2.16. The maximum Gasteiger partial charge on any atom is 0.276 e. The molecule has 2 N–H and O–H groups in total. The van der Waals surface area contributed by atoms with Crippen LogP contribution in [0.25, 0.3) is 0 Å². The molecule has 0 saturated carbocycles. The predicted octanol–water partition coefficient (Wildman–Crippen LogP) is 3.57. The van der Waals surface area contributed by atoms with E-state index in [0.717, 1.165) is 0 Å². The van der Waals surface area contributed by atoms with E-state index in [2.05, 4.69) is 52.5 Å². The lowest BCUT2D eigenvalue weighted by Gasteiger charge is -2.03. The van der Waals surface area contributed by atoms with Crippen LogP contribution >= 0.6 is 31.9 Å². The molecule has 0 atom stereocenters. The van der Waals surface area contributed by atoms with Crippen molar-refractivity contribution in [1.29, 1.82) is 0 Å². The molecule has 1 aromatic carbocycles. The summed E-state index contributed by atoms with van der Waals surface area (Å²) in [6, 6.07) is 6.47. The Balaban J connectivity index is 1.78. The summed E-state index contributed by atoms with van der Waals surface area (Å²) >= 11 is 6.55. The van der Waals surface area contributed by atoms with Gasteiger partial charge < -0.3 is 5.32 Å². The minimum atomic E-state index is -0.383. The summed E-state index contributed by atoms with van der Waals surface area (Å²) in [7, 11) is 0. The molecule has 2 heterocycles. The number of nitrogens with one attached hydrogen (secondary N) is 2. The van der Waals surface area contributed by atoms with E-state index in [0.29, 0.717) is 26.0 Å². The zero-order valence-electron chi connectivity index (χ0n) is 11.6. The van der Waals surface area contributed by atoms with Crippen LogP contribution in [0, 0.1) is 5.82 Å². The van der Waals surface area contributed by atoms with Crippen LogP contribution in [-0.4, -0.2) is 25.9 Å². The smallest absolute Gasteiger partial charge is 0.276 e. The molecule has 0 radical (unpaired) electrons. The van der Waals surface area contributed by atoms with Gasteiger partial charge in [-0.25, -0.2) is 4.39 Å². The number of hydrogen-bond acceptors (Lipinski definition) is 3. The van der Waals surface area contributed by atoms with Crippen molar-refractivity contribution in [2.75, 3.05) is 5.32 Å². The quantitative estimate of drug-likeness (QED) is 0.648.